The summed E-state index contributed by atoms with van der Waals surface area (Å²) in [6.07, 6.45) is 6.76. The summed E-state index contributed by atoms with van der Waals surface area (Å²) in [6.45, 7) is 7.72. The highest BCUT2D eigenvalue weighted by Gasteiger charge is 2.35. The molecule has 1 heterocycles. The van der Waals surface area contributed by atoms with Gasteiger partial charge in [-0.25, -0.2) is 8.42 Å². The lowest BCUT2D eigenvalue weighted by molar-refractivity contribution is -0.127. The second-order valence-corrected chi connectivity index (χ2v) is 11.7. The Morgan fingerprint density at radius 1 is 1.06 bits per heavy atom. The van der Waals surface area contributed by atoms with Gasteiger partial charge in [-0.2, -0.15) is 4.31 Å². The number of carbonyl (C=O) groups is 1. The lowest BCUT2D eigenvalue weighted by Crippen LogP contribution is -2.46. The van der Waals surface area contributed by atoms with Crippen LogP contribution in [-0.2, 0) is 14.8 Å². The first kappa shape index (κ1) is 24.1. The summed E-state index contributed by atoms with van der Waals surface area (Å²) < 4.78 is 32.4. The van der Waals surface area contributed by atoms with Crippen molar-refractivity contribution in [3.63, 3.8) is 0 Å². The Kier molecular flexibility index (Phi) is 7.68. The molecular formula is C24H38N2O4S. The van der Waals surface area contributed by atoms with Gasteiger partial charge in [0, 0.05) is 25.0 Å². The largest absolute Gasteiger partial charge is 0.497 e. The molecule has 1 aromatic carbocycles. The highest BCUT2D eigenvalue weighted by atomic mass is 32.2. The van der Waals surface area contributed by atoms with Crippen LogP contribution in [0.1, 0.15) is 65.7 Å². The minimum absolute atomic E-state index is 0.0969. The van der Waals surface area contributed by atoms with Crippen LogP contribution in [0.4, 0.5) is 0 Å². The molecule has 3 rings (SSSR count). The summed E-state index contributed by atoms with van der Waals surface area (Å²) in [5.74, 6) is 1.35. The Labute approximate surface area is 187 Å². The molecule has 1 N–H and O–H groups in total. The van der Waals surface area contributed by atoms with E-state index in [-0.39, 0.29) is 22.8 Å². The molecule has 6 nitrogen and oxygen atoms in total. The minimum atomic E-state index is -3.54. The van der Waals surface area contributed by atoms with E-state index in [1.165, 1.54) is 23.6 Å². The zero-order chi connectivity index (χ0) is 22.6. The molecule has 1 saturated heterocycles. The Bertz CT molecular complexity index is 835. The predicted octanol–water partition coefficient (Wildman–Crippen LogP) is 4.21. The first-order valence-electron chi connectivity index (χ1n) is 11.6. The van der Waals surface area contributed by atoms with Gasteiger partial charge in [-0.3, -0.25) is 4.79 Å². The van der Waals surface area contributed by atoms with Crippen molar-refractivity contribution in [1.29, 1.82) is 0 Å². The molecule has 0 unspecified atom stereocenters. The van der Waals surface area contributed by atoms with Gasteiger partial charge in [0.15, 0.2) is 0 Å². The molecule has 2 aliphatic rings. The number of hydrogen-bond donors (Lipinski definition) is 1. The van der Waals surface area contributed by atoms with Crippen LogP contribution in [0, 0.1) is 17.3 Å². The first-order valence-corrected chi connectivity index (χ1v) is 13.1. The van der Waals surface area contributed by atoms with Crippen LogP contribution < -0.4 is 10.1 Å². The number of nitrogens with one attached hydrogen (secondary N) is 1. The first-order chi connectivity index (χ1) is 14.7. The van der Waals surface area contributed by atoms with Gasteiger partial charge in [0.1, 0.15) is 5.75 Å². The van der Waals surface area contributed by atoms with Gasteiger partial charge in [-0.1, -0.05) is 27.2 Å². The molecule has 1 aliphatic carbocycles. The SMILES string of the molecule is CCC(C)(C)C1CCC(NC(=O)C2CCN(S(=O)(=O)c3ccc(OC)cc3)CC2)CC1. The summed E-state index contributed by atoms with van der Waals surface area (Å²) >= 11 is 0. The third kappa shape index (κ3) is 5.61. The zero-order valence-corrected chi connectivity index (χ0v) is 20.2. The average Bonchev–Trinajstić information content (AvgIpc) is 2.79. The molecule has 1 aromatic rings. The number of benzene rings is 1. The number of rotatable bonds is 7. The Hall–Kier alpha value is -1.60. The van der Waals surface area contributed by atoms with Gasteiger partial charge in [0.05, 0.1) is 12.0 Å². The van der Waals surface area contributed by atoms with Crippen LogP contribution in [0.3, 0.4) is 0 Å². The lowest BCUT2D eigenvalue weighted by Gasteiger charge is -2.39. The van der Waals surface area contributed by atoms with Gasteiger partial charge in [0.2, 0.25) is 15.9 Å². The van der Waals surface area contributed by atoms with Crippen molar-refractivity contribution >= 4 is 15.9 Å². The van der Waals surface area contributed by atoms with Crippen molar-refractivity contribution in [3.05, 3.63) is 24.3 Å². The third-order valence-corrected chi connectivity index (χ3v) is 9.52. The molecule has 31 heavy (non-hydrogen) atoms. The van der Waals surface area contributed by atoms with E-state index in [0.29, 0.717) is 37.1 Å². The molecule has 2 fully saturated rings. The molecule has 0 aromatic heterocycles. The molecule has 0 bridgehead atoms. The van der Waals surface area contributed by atoms with Crippen molar-refractivity contribution in [2.75, 3.05) is 20.2 Å². The van der Waals surface area contributed by atoms with Crippen LogP contribution in [0.5, 0.6) is 5.75 Å². The maximum Gasteiger partial charge on any atom is 0.243 e. The number of hydrogen-bond acceptors (Lipinski definition) is 4. The fourth-order valence-corrected chi connectivity index (χ4v) is 6.35. The monoisotopic (exact) mass is 450 g/mol. The standard InChI is InChI=1S/C24H38N2O4S/c1-5-24(2,3)19-6-8-20(9-7-19)25-23(27)18-14-16-26(17-15-18)31(28,29)22-12-10-21(30-4)11-13-22/h10-13,18-20H,5-9,14-17H2,1-4H3,(H,25,27). The van der Waals surface area contributed by atoms with Crippen LogP contribution in [-0.4, -0.2) is 44.9 Å². The molecule has 7 heteroatoms. The molecule has 0 spiro atoms. The van der Waals surface area contributed by atoms with Gasteiger partial charge in [0.25, 0.3) is 0 Å². The van der Waals surface area contributed by atoms with E-state index in [0.717, 1.165) is 18.8 Å². The smallest absolute Gasteiger partial charge is 0.243 e. The normalized spacial score (nSPS) is 24.0. The Morgan fingerprint density at radius 2 is 1.65 bits per heavy atom. The van der Waals surface area contributed by atoms with E-state index in [9.17, 15) is 13.2 Å². The quantitative estimate of drug-likeness (QED) is 0.675. The van der Waals surface area contributed by atoms with Gasteiger partial charge in [-0.05, 0) is 74.1 Å². The second-order valence-electron chi connectivity index (χ2n) is 9.75. The van der Waals surface area contributed by atoms with Crippen molar-refractivity contribution in [1.82, 2.24) is 9.62 Å². The van der Waals surface area contributed by atoms with Crippen molar-refractivity contribution < 1.29 is 17.9 Å². The highest BCUT2D eigenvalue weighted by Crippen LogP contribution is 2.40. The van der Waals surface area contributed by atoms with Crippen LogP contribution in [0.15, 0.2) is 29.2 Å². The Balaban J connectivity index is 1.48. The summed E-state index contributed by atoms with van der Waals surface area (Å²) in [4.78, 5) is 13.1. The van der Waals surface area contributed by atoms with Gasteiger partial charge < -0.3 is 10.1 Å². The third-order valence-electron chi connectivity index (χ3n) is 7.61. The molecule has 1 saturated carbocycles. The fourth-order valence-electron chi connectivity index (χ4n) is 4.88. The zero-order valence-electron chi connectivity index (χ0n) is 19.4. The molecule has 0 atom stereocenters. The van der Waals surface area contributed by atoms with Crippen molar-refractivity contribution in [3.8, 4) is 5.75 Å². The van der Waals surface area contributed by atoms with Crippen LogP contribution >= 0.6 is 0 Å². The molecule has 174 valence electrons. The number of nitrogens with zero attached hydrogens (tertiary/aromatic N) is 1. The topological polar surface area (TPSA) is 75.7 Å². The van der Waals surface area contributed by atoms with E-state index >= 15 is 0 Å². The van der Waals surface area contributed by atoms with E-state index in [1.54, 1.807) is 31.4 Å². The lowest BCUT2D eigenvalue weighted by atomic mass is 9.69. The summed E-state index contributed by atoms with van der Waals surface area (Å²) in [5, 5.41) is 3.26. The van der Waals surface area contributed by atoms with E-state index in [1.807, 2.05) is 0 Å². The van der Waals surface area contributed by atoms with E-state index in [2.05, 4.69) is 26.1 Å². The maximum atomic E-state index is 12.9. The number of sulfonamides is 1. The van der Waals surface area contributed by atoms with Crippen molar-refractivity contribution in [2.24, 2.45) is 17.3 Å². The number of amides is 1. The Morgan fingerprint density at radius 3 is 2.16 bits per heavy atom. The number of piperidine rings is 1. The number of ether oxygens (including phenoxy) is 1. The van der Waals surface area contributed by atoms with Gasteiger partial charge in [-0.15, -0.1) is 0 Å². The second kappa shape index (κ2) is 9.90. The van der Waals surface area contributed by atoms with Crippen LogP contribution in [0.25, 0.3) is 0 Å². The fraction of sp³-hybridized carbons (Fsp3) is 0.708. The predicted molar refractivity (Wildman–Crippen MR) is 122 cm³/mol. The molecule has 0 radical (unpaired) electrons. The minimum Gasteiger partial charge on any atom is -0.497 e. The van der Waals surface area contributed by atoms with E-state index in [4.69, 9.17) is 4.74 Å². The molecule has 1 aliphatic heterocycles. The number of carbonyl (C=O) groups excluding carboxylic acids is 1. The summed E-state index contributed by atoms with van der Waals surface area (Å²) in [5.41, 5.74) is 0.372. The highest BCUT2D eigenvalue weighted by molar-refractivity contribution is 7.89. The summed E-state index contributed by atoms with van der Waals surface area (Å²) in [6, 6.07) is 6.72. The average molecular weight is 451 g/mol. The van der Waals surface area contributed by atoms with E-state index < -0.39 is 10.0 Å². The van der Waals surface area contributed by atoms with Crippen molar-refractivity contribution in [2.45, 2.75) is 76.7 Å². The van der Waals surface area contributed by atoms with Crippen LogP contribution in [0.2, 0.25) is 0 Å². The molecule has 1 amide bonds. The maximum absolute atomic E-state index is 12.9. The molecular weight excluding hydrogens is 412 g/mol. The summed E-state index contributed by atoms with van der Waals surface area (Å²) in [7, 11) is -1.99. The number of methoxy groups -OCH3 is 1. The van der Waals surface area contributed by atoms with Gasteiger partial charge >= 0.3 is 0 Å².